The second-order valence-corrected chi connectivity index (χ2v) is 5.63. The minimum absolute atomic E-state index is 0.0372. The van der Waals surface area contributed by atoms with Gasteiger partial charge in [0, 0.05) is 0 Å². The van der Waals surface area contributed by atoms with Crippen LogP contribution in [0, 0.1) is 5.92 Å². The number of halogens is 1. The summed E-state index contributed by atoms with van der Waals surface area (Å²) < 4.78 is 4.87. The molecule has 0 aromatic carbocycles. The monoisotopic (exact) mass is 222 g/mol. The second-order valence-electron chi connectivity index (χ2n) is 3.48. The Morgan fingerprint density at radius 2 is 2.00 bits per heavy atom. The molecule has 0 aliphatic heterocycles. The van der Waals surface area contributed by atoms with Gasteiger partial charge < -0.3 is 4.74 Å². The summed E-state index contributed by atoms with van der Waals surface area (Å²) in [7, 11) is 0. The summed E-state index contributed by atoms with van der Waals surface area (Å²) in [5, 5.41) is 0. The third-order valence-electron chi connectivity index (χ3n) is 1.03. The molecule has 0 rings (SSSR count). The molecule has 3 heteroatoms. The molecule has 0 radical (unpaired) electrons. The third-order valence-corrected chi connectivity index (χ3v) is 1.26. The lowest BCUT2D eigenvalue weighted by Gasteiger charge is -2.16. The zero-order valence-electron chi connectivity index (χ0n) is 7.48. The maximum absolute atomic E-state index is 10.9. The fourth-order valence-corrected chi connectivity index (χ4v) is 0.524. The van der Waals surface area contributed by atoms with Crippen LogP contribution in [0.25, 0.3) is 0 Å². The molecule has 66 valence electrons. The number of rotatable bonds is 3. The summed E-state index contributed by atoms with van der Waals surface area (Å²) in [5.74, 6) is -0.178. The van der Waals surface area contributed by atoms with Crippen molar-refractivity contribution in [1.29, 1.82) is 0 Å². The molecule has 0 saturated carbocycles. The zero-order valence-corrected chi connectivity index (χ0v) is 9.06. The van der Waals surface area contributed by atoms with Crippen LogP contribution in [0.2, 0.25) is 0 Å². The fraction of sp³-hybridized carbons (Fsp3) is 0.875. The fourth-order valence-electron chi connectivity index (χ4n) is 0.409. The van der Waals surface area contributed by atoms with E-state index in [9.17, 15) is 4.79 Å². The molecule has 2 nitrogen and oxygen atoms in total. The van der Waals surface area contributed by atoms with Crippen LogP contribution in [0.5, 0.6) is 0 Å². The first-order valence-electron chi connectivity index (χ1n) is 3.68. The van der Waals surface area contributed by atoms with Crippen LogP contribution in [-0.4, -0.2) is 16.9 Å². The van der Waals surface area contributed by atoms with Crippen molar-refractivity contribution in [3.8, 4) is 0 Å². The minimum atomic E-state index is -0.141. The van der Waals surface area contributed by atoms with Gasteiger partial charge in [-0.3, -0.25) is 4.79 Å². The molecule has 0 aromatic rings. The molecule has 0 spiro atoms. The zero-order chi connectivity index (χ0) is 9.07. The lowest BCUT2D eigenvalue weighted by Crippen LogP contribution is -2.23. The van der Waals surface area contributed by atoms with E-state index in [1.165, 1.54) is 0 Å². The Morgan fingerprint density at radius 1 is 1.55 bits per heavy atom. The number of alkyl halides is 1. The molecule has 0 aromatic heterocycles. The first kappa shape index (κ1) is 11.0. The summed E-state index contributed by atoms with van der Waals surface area (Å²) in [6.45, 7) is 7.98. The number of esters is 1. The smallest absolute Gasteiger partial charge is 0.308 e. The van der Waals surface area contributed by atoms with E-state index in [0.29, 0.717) is 6.61 Å². The van der Waals surface area contributed by atoms with Gasteiger partial charge in [-0.15, -0.1) is 0 Å². The quantitative estimate of drug-likeness (QED) is 0.542. The number of hydrogen-bond donors (Lipinski definition) is 0. The molecule has 0 N–H and O–H groups in total. The highest BCUT2D eigenvalue weighted by Crippen LogP contribution is 2.16. The van der Waals surface area contributed by atoms with Gasteiger partial charge >= 0.3 is 5.97 Å². The number of carbonyl (C=O) groups excluding carboxylic acids is 1. The van der Waals surface area contributed by atoms with Gasteiger partial charge in [0.05, 0.1) is 10.2 Å². The van der Waals surface area contributed by atoms with Crippen molar-refractivity contribution in [2.75, 3.05) is 6.61 Å². The predicted molar refractivity (Wildman–Crippen MR) is 48.8 cm³/mol. The molecular formula is C8H15BrO2. The predicted octanol–water partition coefficient (Wildman–Crippen LogP) is 2.36. The van der Waals surface area contributed by atoms with Crippen LogP contribution in [0.15, 0.2) is 0 Å². The Hall–Kier alpha value is -0.0500. The van der Waals surface area contributed by atoms with Gasteiger partial charge in [0.15, 0.2) is 0 Å². The van der Waals surface area contributed by atoms with E-state index in [1.54, 1.807) is 0 Å². The summed E-state index contributed by atoms with van der Waals surface area (Å²) in [5.41, 5.74) is 0. The van der Waals surface area contributed by atoms with Crippen molar-refractivity contribution < 1.29 is 9.53 Å². The van der Waals surface area contributed by atoms with E-state index >= 15 is 0 Å². The summed E-state index contributed by atoms with van der Waals surface area (Å²) >= 11 is 3.38. The van der Waals surface area contributed by atoms with E-state index in [0.717, 1.165) is 0 Å². The molecule has 11 heavy (non-hydrogen) atoms. The van der Waals surface area contributed by atoms with Crippen LogP contribution in [0.1, 0.15) is 27.7 Å². The number of ether oxygens (including phenoxy) is 1. The summed E-state index contributed by atoms with van der Waals surface area (Å²) in [4.78, 5) is 10.9. The Labute approximate surface area is 76.4 Å². The topological polar surface area (TPSA) is 26.3 Å². The molecule has 0 fully saturated rings. The average Bonchev–Trinajstić information content (AvgIpc) is 1.80. The lowest BCUT2D eigenvalue weighted by atomic mass is 10.2. The largest absolute Gasteiger partial charge is 0.464 e. The van der Waals surface area contributed by atoms with Crippen molar-refractivity contribution in [3.63, 3.8) is 0 Å². The van der Waals surface area contributed by atoms with E-state index < -0.39 is 0 Å². The van der Waals surface area contributed by atoms with E-state index in [4.69, 9.17) is 4.74 Å². The van der Waals surface area contributed by atoms with Gasteiger partial charge in [-0.25, -0.2) is 0 Å². The Bertz CT molecular complexity index is 136. The molecule has 0 amide bonds. The SMILES string of the molecule is CC(C)C(=O)OCC(C)(C)Br. The maximum Gasteiger partial charge on any atom is 0.308 e. The van der Waals surface area contributed by atoms with Crippen LogP contribution in [0.4, 0.5) is 0 Å². The molecule has 0 aliphatic carbocycles. The van der Waals surface area contributed by atoms with Crippen molar-refractivity contribution in [2.45, 2.75) is 32.0 Å². The highest BCUT2D eigenvalue weighted by Gasteiger charge is 2.16. The van der Waals surface area contributed by atoms with Crippen LogP contribution < -0.4 is 0 Å². The maximum atomic E-state index is 10.9. The van der Waals surface area contributed by atoms with Crippen molar-refractivity contribution in [1.82, 2.24) is 0 Å². The van der Waals surface area contributed by atoms with E-state index in [-0.39, 0.29) is 16.2 Å². The van der Waals surface area contributed by atoms with E-state index in [2.05, 4.69) is 15.9 Å². The van der Waals surface area contributed by atoms with Crippen molar-refractivity contribution in [2.24, 2.45) is 5.92 Å². The van der Waals surface area contributed by atoms with Crippen molar-refractivity contribution in [3.05, 3.63) is 0 Å². The van der Waals surface area contributed by atoms with Gasteiger partial charge in [0.2, 0.25) is 0 Å². The Morgan fingerprint density at radius 3 is 2.27 bits per heavy atom. The molecule has 0 atom stereocenters. The molecule has 0 bridgehead atoms. The number of carbonyl (C=O) groups is 1. The van der Waals surface area contributed by atoms with Crippen LogP contribution >= 0.6 is 15.9 Å². The van der Waals surface area contributed by atoms with Gasteiger partial charge in [-0.1, -0.05) is 29.8 Å². The Kier molecular flexibility index (Phi) is 4.08. The normalized spacial score (nSPS) is 11.8. The average molecular weight is 223 g/mol. The van der Waals surface area contributed by atoms with Gasteiger partial charge in [-0.2, -0.15) is 0 Å². The van der Waals surface area contributed by atoms with Crippen molar-refractivity contribution >= 4 is 21.9 Å². The van der Waals surface area contributed by atoms with Gasteiger partial charge in [0.1, 0.15) is 6.61 Å². The molecule has 0 aliphatic rings. The molecule has 0 saturated heterocycles. The second kappa shape index (κ2) is 4.10. The van der Waals surface area contributed by atoms with Crippen LogP contribution in [-0.2, 0) is 9.53 Å². The first-order valence-corrected chi connectivity index (χ1v) is 4.48. The summed E-state index contributed by atoms with van der Waals surface area (Å²) in [6, 6.07) is 0. The first-order chi connectivity index (χ1) is 4.83. The number of hydrogen-bond acceptors (Lipinski definition) is 2. The van der Waals surface area contributed by atoms with Crippen LogP contribution in [0.3, 0.4) is 0 Å². The standard InChI is InChI=1S/C8H15BrO2/c1-6(2)7(10)11-5-8(3,4)9/h6H,5H2,1-4H3. The third kappa shape index (κ3) is 6.35. The van der Waals surface area contributed by atoms with Gasteiger partial charge in [0.25, 0.3) is 0 Å². The Balaban J connectivity index is 3.64. The highest BCUT2D eigenvalue weighted by molar-refractivity contribution is 9.10. The van der Waals surface area contributed by atoms with Gasteiger partial charge in [-0.05, 0) is 13.8 Å². The molecular weight excluding hydrogens is 208 g/mol. The highest BCUT2D eigenvalue weighted by atomic mass is 79.9. The molecule has 0 unspecified atom stereocenters. The lowest BCUT2D eigenvalue weighted by molar-refractivity contribution is -0.147. The molecule has 0 heterocycles. The van der Waals surface area contributed by atoms with E-state index in [1.807, 2.05) is 27.7 Å². The minimum Gasteiger partial charge on any atom is -0.464 e. The summed E-state index contributed by atoms with van der Waals surface area (Å²) in [6.07, 6.45) is 0.